The average Bonchev–Trinajstić information content (AvgIpc) is 3.12. The number of sulfonamides is 1. The smallest absolute Gasteiger partial charge is 0.240 e. The first-order valence-corrected chi connectivity index (χ1v) is 7.74. The molecule has 1 atom stereocenters. The number of nitrogens with one attached hydrogen (secondary N) is 1. The molecule has 0 aliphatic heterocycles. The predicted octanol–water partition coefficient (Wildman–Crippen LogP) is 1.53. The molecule has 5 heteroatoms. The van der Waals surface area contributed by atoms with Crippen molar-refractivity contribution in [3.05, 3.63) is 29.3 Å². The quantitative estimate of drug-likeness (QED) is 0.850. The molecule has 0 saturated heterocycles. The zero-order valence-electron chi connectivity index (χ0n) is 10.8. The number of rotatable bonds is 5. The molecule has 0 heterocycles. The van der Waals surface area contributed by atoms with Gasteiger partial charge in [-0.25, -0.2) is 13.1 Å². The third-order valence-electron chi connectivity index (χ3n) is 3.51. The second kappa shape index (κ2) is 4.99. The number of hydrogen-bond acceptors (Lipinski definition) is 3. The van der Waals surface area contributed by atoms with Crippen molar-refractivity contribution in [1.29, 1.82) is 0 Å². The molecule has 1 saturated carbocycles. The molecule has 3 N–H and O–H groups in total. The maximum atomic E-state index is 12.2. The fraction of sp³-hybridized carbons (Fsp3) is 0.538. The van der Waals surface area contributed by atoms with Crippen molar-refractivity contribution in [2.24, 2.45) is 11.7 Å². The molecule has 0 amide bonds. The summed E-state index contributed by atoms with van der Waals surface area (Å²) in [6.07, 6.45) is 2.24. The largest absolute Gasteiger partial charge is 0.326 e. The third kappa shape index (κ3) is 2.91. The Hall–Kier alpha value is -0.910. The number of benzene rings is 1. The lowest BCUT2D eigenvalue weighted by Gasteiger charge is -2.14. The lowest BCUT2D eigenvalue weighted by atomic mass is 10.1. The van der Waals surface area contributed by atoms with Gasteiger partial charge in [0, 0.05) is 12.6 Å². The lowest BCUT2D eigenvalue weighted by molar-refractivity contribution is 0.538. The topological polar surface area (TPSA) is 72.2 Å². The molecule has 4 nitrogen and oxygen atoms in total. The Kier molecular flexibility index (Phi) is 3.75. The lowest BCUT2D eigenvalue weighted by Crippen LogP contribution is -2.34. The van der Waals surface area contributed by atoms with Crippen molar-refractivity contribution in [3.8, 4) is 0 Å². The van der Waals surface area contributed by atoms with E-state index in [9.17, 15) is 8.42 Å². The molecule has 18 heavy (non-hydrogen) atoms. The first-order chi connectivity index (χ1) is 8.44. The summed E-state index contributed by atoms with van der Waals surface area (Å²) < 4.78 is 27.1. The molecule has 1 aliphatic carbocycles. The molecule has 1 fully saturated rings. The molecule has 0 spiro atoms. The minimum absolute atomic E-state index is 0.0180. The monoisotopic (exact) mass is 268 g/mol. The van der Waals surface area contributed by atoms with Crippen LogP contribution in [-0.2, 0) is 16.6 Å². The molecular formula is C13H20N2O2S. The van der Waals surface area contributed by atoms with Crippen LogP contribution in [0.25, 0.3) is 0 Å². The molecular weight excluding hydrogens is 248 g/mol. The fourth-order valence-corrected chi connectivity index (χ4v) is 3.47. The zero-order chi connectivity index (χ0) is 13.3. The van der Waals surface area contributed by atoms with Gasteiger partial charge in [0.05, 0.1) is 4.90 Å². The van der Waals surface area contributed by atoms with Crippen LogP contribution in [0.3, 0.4) is 0 Å². The first kappa shape index (κ1) is 13.5. The van der Waals surface area contributed by atoms with Gasteiger partial charge in [-0.15, -0.1) is 0 Å². The van der Waals surface area contributed by atoms with Gasteiger partial charge in [0.1, 0.15) is 0 Å². The van der Waals surface area contributed by atoms with E-state index in [1.807, 2.05) is 13.8 Å². The molecule has 2 rings (SSSR count). The zero-order valence-corrected chi connectivity index (χ0v) is 11.6. The van der Waals surface area contributed by atoms with E-state index in [2.05, 4.69) is 4.72 Å². The van der Waals surface area contributed by atoms with Crippen LogP contribution >= 0.6 is 0 Å². The van der Waals surface area contributed by atoms with E-state index in [-0.39, 0.29) is 6.04 Å². The van der Waals surface area contributed by atoms with Gasteiger partial charge < -0.3 is 5.73 Å². The standard InChI is InChI=1S/C13H20N2O2S/c1-9-7-13(6-5-12(9)8-14)18(16,17)15-10(2)11-3-4-11/h5-7,10-11,15H,3-4,8,14H2,1-2H3. The van der Waals surface area contributed by atoms with Gasteiger partial charge >= 0.3 is 0 Å². The van der Waals surface area contributed by atoms with Crippen LogP contribution in [-0.4, -0.2) is 14.5 Å². The van der Waals surface area contributed by atoms with Gasteiger partial charge in [-0.1, -0.05) is 6.07 Å². The second-order valence-corrected chi connectivity index (χ2v) is 6.75. The van der Waals surface area contributed by atoms with Gasteiger partial charge in [0.15, 0.2) is 0 Å². The van der Waals surface area contributed by atoms with E-state index >= 15 is 0 Å². The Morgan fingerprint density at radius 2 is 2.11 bits per heavy atom. The maximum absolute atomic E-state index is 12.2. The number of hydrogen-bond donors (Lipinski definition) is 2. The highest BCUT2D eigenvalue weighted by Crippen LogP contribution is 2.33. The summed E-state index contributed by atoms with van der Waals surface area (Å²) in [5, 5.41) is 0. The molecule has 0 aromatic heterocycles. The van der Waals surface area contributed by atoms with E-state index in [4.69, 9.17) is 5.73 Å². The minimum atomic E-state index is -3.40. The molecule has 1 aromatic rings. The van der Waals surface area contributed by atoms with Crippen LogP contribution in [0.1, 0.15) is 30.9 Å². The third-order valence-corrected chi connectivity index (χ3v) is 5.07. The summed E-state index contributed by atoms with van der Waals surface area (Å²) in [5.74, 6) is 0.504. The Balaban J connectivity index is 2.20. The van der Waals surface area contributed by atoms with Gasteiger partial charge in [0.2, 0.25) is 10.0 Å². The minimum Gasteiger partial charge on any atom is -0.326 e. The van der Waals surface area contributed by atoms with E-state index in [0.717, 1.165) is 24.0 Å². The summed E-state index contributed by atoms with van der Waals surface area (Å²) >= 11 is 0. The fourth-order valence-electron chi connectivity index (χ4n) is 2.07. The van der Waals surface area contributed by atoms with Crippen molar-refractivity contribution in [2.75, 3.05) is 0 Å². The van der Waals surface area contributed by atoms with E-state index < -0.39 is 10.0 Å². The van der Waals surface area contributed by atoms with Crippen LogP contribution < -0.4 is 10.5 Å². The van der Waals surface area contributed by atoms with Gasteiger partial charge in [0.25, 0.3) is 0 Å². The Morgan fingerprint density at radius 3 is 2.61 bits per heavy atom. The average molecular weight is 268 g/mol. The highest BCUT2D eigenvalue weighted by atomic mass is 32.2. The van der Waals surface area contributed by atoms with Crippen molar-refractivity contribution in [2.45, 2.75) is 44.2 Å². The SMILES string of the molecule is Cc1cc(S(=O)(=O)NC(C)C2CC2)ccc1CN. The number of aryl methyl sites for hydroxylation is 1. The Bertz CT molecular complexity index is 536. The molecule has 0 radical (unpaired) electrons. The van der Waals surface area contributed by atoms with Crippen molar-refractivity contribution < 1.29 is 8.42 Å². The van der Waals surface area contributed by atoms with E-state index in [0.29, 0.717) is 17.4 Å². The van der Waals surface area contributed by atoms with E-state index in [1.165, 1.54) is 0 Å². The van der Waals surface area contributed by atoms with Crippen LogP contribution in [0, 0.1) is 12.8 Å². The summed E-state index contributed by atoms with van der Waals surface area (Å²) in [4.78, 5) is 0.324. The number of nitrogens with two attached hydrogens (primary N) is 1. The summed E-state index contributed by atoms with van der Waals surface area (Å²) in [5.41, 5.74) is 7.47. The van der Waals surface area contributed by atoms with Gasteiger partial charge in [-0.2, -0.15) is 0 Å². The Labute approximate surface area is 109 Å². The summed E-state index contributed by atoms with van der Waals surface area (Å²) in [6.45, 7) is 4.24. The highest BCUT2D eigenvalue weighted by Gasteiger charge is 2.31. The first-order valence-electron chi connectivity index (χ1n) is 6.26. The Morgan fingerprint density at radius 1 is 1.44 bits per heavy atom. The molecule has 0 bridgehead atoms. The van der Waals surface area contributed by atoms with Crippen molar-refractivity contribution >= 4 is 10.0 Å². The second-order valence-electron chi connectivity index (χ2n) is 5.04. The molecule has 1 unspecified atom stereocenters. The van der Waals surface area contributed by atoms with E-state index in [1.54, 1.807) is 18.2 Å². The van der Waals surface area contributed by atoms with Crippen LogP contribution in [0.5, 0.6) is 0 Å². The highest BCUT2D eigenvalue weighted by molar-refractivity contribution is 7.89. The summed E-state index contributed by atoms with van der Waals surface area (Å²) in [7, 11) is -3.40. The van der Waals surface area contributed by atoms with Crippen LogP contribution in [0.15, 0.2) is 23.1 Å². The van der Waals surface area contributed by atoms with Crippen molar-refractivity contribution in [3.63, 3.8) is 0 Å². The van der Waals surface area contributed by atoms with Gasteiger partial charge in [-0.3, -0.25) is 0 Å². The normalized spacial score (nSPS) is 17.7. The predicted molar refractivity (Wildman–Crippen MR) is 71.6 cm³/mol. The molecule has 100 valence electrons. The summed E-state index contributed by atoms with van der Waals surface area (Å²) in [6, 6.07) is 5.11. The van der Waals surface area contributed by atoms with Crippen molar-refractivity contribution in [1.82, 2.24) is 4.72 Å². The maximum Gasteiger partial charge on any atom is 0.240 e. The van der Waals surface area contributed by atoms with Crippen LogP contribution in [0.2, 0.25) is 0 Å². The van der Waals surface area contributed by atoms with Crippen LogP contribution in [0.4, 0.5) is 0 Å². The molecule has 1 aromatic carbocycles. The molecule has 1 aliphatic rings. The van der Waals surface area contributed by atoms with Gasteiger partial charge in [-0.05, 0) is 55.9 Å².